The van der Waals surface area contributed by atoms with Crippen molar-refractivity contribution in [3.05, 3.63) is 65.7 Å². The van der Waals surface area contributed by atoms with Crippen LogP contribution in [0.25, 0.3) is 0 Å². The van der Waals surface area contributed by atoms with E-state index in [0.717, 1.165) is 0 Å². The molecule has 0 atom stereocenters. The molecule has 2 N–H and O–H groups in total. The summed E-state index contributed by atoms with van der Waals surface area (Å²) in [5, 5.41) is 9.34. The van der Waals surface area contributed by atoms with Crippen molar-refractivity contribution in [1.29, 1.82) is 0 Å². The van der Waals surface area contributed by atoms with E-state index >= 15 is 0 Å². The highest BCUT2D eigenvalue weighted by atomic mass is 16.5. The molecule has 138 valence electrons. The average Bonchev–Trinajstić information content (AvgIpc) is 3.32. The molecule has 0 aliphatic rings. The van der Waals surface area contributed by atoms with Crippen LogP contribution in [0.1, 0.15) is 31.4 Å². The first-order valence-corrected chi connectivity index (χ1v) is 7.86. The zero-order valence-corrected chi connectivity index (χ0v) is 14.6. The first kappa shape index (κ1) is 17.9. The van der Waals surface area contributed by atoms with Crippen molar-refractivity contribution in [3.8, 4) is 0 Å². The van der Waals surface area contributed by atoms with Crippen molar-refractivity contribution in [2.45, 2.75) is 0 Å². The number of nitrogens with one attached hydrogen (secondary N) is 2. The second-order valence-corrected chi connectivity index (χ2v) is 5.50. The number of rotatable bonds is 5. The Kier molecular flexibility index (Phi) is 5.02. The molecule has 2 amide bonds. The summed E-state index contributed by atoms with van der Waals surface area (Å²) < 4.78 is 11.0. The maximum Gasteiger partial charge on any atom is 0.337 e. The Bertz CT molecular complexity index is 991. The Hall–Kier alpha value is -3.88. The predicted octanol–water partition coefficient (Wildman–Crippen LogP) is 2.30. The van der Waals surface area contributed by atoms with Crippen LogP contribution in [-0.4, -0.2) is 34.7 Å². The number of aryl methyl sites for hydroxylation is 1. The number of hydrogen-bond acceptors (Lipinski definition) is 6. The van der Waals surface area contributed by atoms with E-state index in [1.54, 1.807) is 31.3 Å². The van der Waals surface area contributed by atoms with Gasteiger partial charge in [0, 0.05) is 18.8 Å². The Morgan fingerprint density at radius 1 is 1.07 bits per heavy atom. The molecule has 0 aliphatic heterocycles. The fourth-order valence-electron chi connectivity index (χ4n) is 2.32. The highest BCUT2D eigenvalue weighted by Gasteiger charge is 2.17. The van der Waals surface area contributed by atoms with Crippen molar-refractivity contribution in [2.24, 2.45) is 7.05 Å². The van der Waals surface area contributed by atoms with Gasteiger partial charge in [0.05, 0.1) is 18.9 Å². The number of methoxy groups -OCH3 is 1. The van der Waals surface area contributed by atoms with Gasteiger partial charge in [0.25, 0.3) is 11.8 Å². The van der Waals surface area contributed by atoms with Crippen molar-refractivity contribution >= 4 is 29.3 Å². The number of anilines is 2. The zero-order valence-electron chi connectivity index (χ0n) is 14.6. The van der Waals surface area contributed by atoms with Crippen LogP contribution in [-0.2, 0) is 11.8 Å². The third-order valence-electron chi connectivity index (χ3n) is 3.64. The molecule has 0 radical (unpaired) electrons. The number of esters is 1. The molecular weight excluding hydrogens is 352 g/mol. The molecule has 2 heterocycles. The SMILES string of the molecule is COC(=O)c1cccc(NC(=O)c2cc(NC(=O)c3ccco3)n(C)n2)c1. The Balaban J connectivity index is 1.72. The number of benzene rings is 1. The lowest BCUT2D eigenvalue weighted by molar-refractivity contribution is 0.0600. The smallest absolute Gasteiger partial charge is 0.337 e. The quantitative estimate of drug-likeness (QED) is 0.668. The van der Waals surface area contributed by atoms with E-state index in [0.29, 0.717) is 17.1 Å². The predicted molar refractivity (Wildman–Crippen MR) is 95.6 cm³/mol. The molecule has 2 aromatic heterocycles. The molecule has 0 aliphatic carbocycles. The van der Waals surface area contributed by atoms with E-state index in [2.05, 4.69) is 20.5 Å². The van der Waals surface area contributed by atoms with Crippen LogP contribution in [0.2, 0.25) is 0 Å². The van der Waals surface area contributed by atoms with E-state index in [1.165, 1.54) is 36.3 Å². The lowest BCUT2D eigenvalue weighted by Crippen LogP contribution is -2.14. The van der Waals surface area contributed by atoms with Gasteiger partial charge in [-0.25, -0.2) is 4.79 Å². The largest absolute Gasteiger partial charge is 0.465 e. The minimum atomic E-state index is -0.508. The zero-order chi connectivity index (χ0) is 19.4. The summed E-state index contributed by atoms with van der Waals surface area (Å²) in [5.74, 6) is -0.995. The molecule has 1 aromatic carbocycles. The minimum absolute atomic E-state index is 0.0933. The number of aromatic nitrogens is 2. The number of nitrogens with zero attached hydrogens (tertiary/aromatic N) is 2. The number of furan rings is 1. The van der Waals surface area contributed by atoms with Gasteiger partial charge in [0.15, 0.2) is 11.5 Å². The summed E-state index contributed by atoms with van der Waals surface area (Å²) in [6, 6.07) is 10.9. The van der Waals surface area contributed by atoms with Crippen LogP contribution in [0.4, 0.5) is 11.5 Å². The van der Waals surface area contributed by atoms with Crippen molar-refractivity contribution in [2.75, 3.05) is 17.7 Å². The summed E-state index contributed by atoms with van der Waals surface area (Å²) in [7, 11) is 2.87. The molecule has 3 rings (SSSR count). The normalized spacial score (nSPS) is 10.3. The van der Waals surface area contributed by atoms with E-state index in [-0.39, 0.29) is 11.5 Å². The first-order chi connectivity index (χ1) is 13.0. The molecule has 0 unspecified atom stereocenters. The van der Waals surface area contributed by atoms with Gasteiger partial charge in [-0.3, -0.25) is 14.3 Å². The molecule has 0 saturated carbocycles. The monoisotopic (exact) mass is 368 g/mol. The number of carbonyl (C=O) groups excluding carboxylic acids is 3. The second-order valence-electron chi connectivity index (χ2n) is 5.50. The fraction of sp³-hybridized carbons (Fsp3) is 0.111. The lowest BCUT2D eigenvalue weighted by Gasteiger charge is -2.05. The molecule has 0 bridgehead atoms. The molecule has 27 heavy (non-hydrogen) atoms. The molecule has 0 spiro atoms. The molecule has 9 heteroatoms. The minimum Gasteiger partial charge on any atom is -0.465 e. The molecular formula is C18H16N4O5. The standard InChI is InChI=1S/C18H16N4O5/c1-22-15(20-17(24)14-7-4-8-27-14)10-13(21-22)16(23)19-12-6-3-5-11(9-12)18(25)26-2/h3-10H,1-2H3,(H,19,23)(H,20,24). The fourth-order valence-corrected chi connectivity index (χ4v) is 2.32. The van der Waals surface area contributed by atoms with Crippen LogP contribution in [0.15, 0.2) is 53.1 Å². The number of hydrogen-bond donors (Lipinski definition) is 2. The van der Waals surface area contributed by atoms with Gasteiger partial charge in [-0.15, -0.1) is 0 Å². The summed E-state index contributed by atoms with van der Waals surface area (Å²) in [5.41, 5.74) is 0.813. The first-order valence-electron chi connectivity index (χ1n) is 7.86. The maximum absolute atomic E-state index is 12.4. The van der Waals surface area contributed by atoms with Gasteiger partial charge in [-0.05, 0) is 30.3 Å². The van der Waals surface area contributed by atoms with E-state index in [9.17, 15) is 14.4 Å². The highest BCUT2D eigenvalue weighted by Crippen LogP contribution is 2.15. The summed E-state index contributed by atoms with van der Waals surface area (Å²) in [6.45, 7) is 0. The average molecular weight is 368 g/mol. The number of amides is 2. The van der Waals surface area contributed by atoms with E-state index in [1.807, 2.05) is 0 Å². The Morgan fingerprint density at radius 3 is 2.59 bits per heavy atom. The van der Waals surface area contributed by atoms with Gasteiger partial charge >= 0.3 is 5.97 Å². The lowest BCUT2D eigenvalue weighted by atomic mass is 10.2. The van der Waals surface area contributed by atoms with Crippen LogP contribution in [0.5, 0.6) is 0 Å². The molecule has 0 fully saturated rings. The highest BCUT2D eigenvalue weighted by molar-refractivity contribution is 6.05. The number of carbonyl (C=O) groups is 3. The van der Waals surface area contributed by atoms with Crippen LogP contribution >= 0.6 is 0 Å². The van der Waals surface area contributed by atoms with Gasteiger partial charge in [-0.2, -0.15) is 5.10 Å². The summed E-state index contributed by atoms with van der Waals surface area (Å²) in [4.78, 5) is 36.0. The van der Waals surface area contributed by atoms with E-state index < -0.39 is 17.8 Å². The van der Waals surface area contributed by atoms with Gasteiger partial charge in [0.2, 0.25) is 0 Å². The topological polar surface area (TPSA) is 115 Å². The third-order valence-corrected chi connectivity index (χ3v) is 3.64. The summed E-state index contributed by atoms with van der Waals surface area (Å²) >= 11 is 0. The second kappa shape index (κ2) is 7.56. The van der Waals surface area contributed by atoms with Gasteiger partial charge in [0.1, 0.15) is 5.82 Å². The van der Waals surface area contributed by atoms with Crippen LogP contribution in [0.3, 0.4) is 0 Å². The number of ether oxygens (including phenoxy) is 1. The van der Waals surface area contributed by atoms with Crippen LogP contribution in [0, 0.1) is 0 Å². The van der Waals surface area contributed by atoms with E-state index in [4.69, 9.17) is 4.42 Å². The summed E-state index contributed by atoms with van der Waals surface area (Å²) in [6.07, 6.45) is 1.39. The molecule has 0 saturated heterocycles. The maximum atomic E-state index is 12.4. The van der Waals surface area contributed by atoms with Crippen LogP contribution < -0.4 is 10.6 Å². The van der Waals surface area contributed by atoms with Crippen molar-refractivity contribution in [1.82, 2.24) is 9.78 Å². The molecule has 9 nitrogen and oxygen atoms in total. The Labute approximate surface area is 153 Å². The van der Waals surface area contributed by atoms with Gasteiger partial charge < -0.3 is 19.8 Å². The van der Waals surface area contributed by atoms with Gasteiger partial charge in [-0.1, -0.05) is 6.07 Å². The van der Waals surface area contributed by atoms with Crippen molar-refractivity contribution < 1.29 is 23.5 Å². The Morgan fingerprint density at radius 2 is 1.89 bits per heavy atom. The molecule has 3 aromatic rings. The third kappa shape index (κ3) is 4.03. The van der Waals surface area contributed by atoms with Crippen molar-refractivity contribution in [3.63, 3.8) is 0 Å².